The molecule has 0 amide bonds. The van der Waals surface area contributed by atoms with Crippen LogP contribution in [0, 0.1) is 0 Å². The SMILES string of the molecule is CC(NCc1csc2ccccc12)c1cccc(O)c1. The van der Waals surface area contributed by atoms with E-state index in [0.29, 0.717) is 5.75 Å². The molecule has 1 atom stereocenters. The first kappa shape index (κ1) is 13.2. The Hall–Kier alpha value is -1.84. The van der Waals surface area contributed by atoms with E-state index in [-0.39, 0.29) is 6.04 Å². The van der Waals surface area contributed by atoms with Crippen molar-refractivity contribution in [3.63, 3.8) is 0 Å². The van der Waals surface area contributed by atoms with E-state index in [1.807, 2.05) is 18.2 Å². The molecular formula is C17H17NOS. The highest BCUT2D eigenvalue weighted by Crippen LogP contribution is 2.26. The lowest BCUT2D eigenvalue weighted by Crippen LogP contribution is -2.17. The average Bonchev–Trinajstić information content (AvgIpc) is 2.88. The summed E-state index contributed by atoms with van der Waals surface area (Å²) in [6.45, 7) is 2.95. The van der Waals surface area contributed by atoms with Gasteiger partial charge in [-0.15, -0.1) is 11.3 Å². The molecule has 3 rings (SSSR count). The minimum absolute atomic E-state index is 0.209. The number of rotatable bonds is 4. The Morgan fingerprint density at radius 3 is 2.85 bits per heavy atom. The molecule has 0 fully saturated rings. The maximum absolute atomic E-state index is 9.53. The summed E-state index contributed by atoms with van der Waals surface area (Å²) in [5.41, 5.74) is 2.43. The number of benzene rings is 2. The molecule has 0 saturated heterocycles. The zero-order chi connectivity index (χ0) is 13.9. The smallest absolute Gasteiger partial charge is 0.115 e. The molecule has 0 aliphatic carbocycles. The van der Waals surface area contributed by atoms with Crippen molar-refractivity contribution in [2.75, 3.05) is 0 Å². The number of nitrogens with one attached hydrogen (secondary N) is 1. The fourth-order valence-corrected chi connectivity index (χ4v) is 3.31. The number of hydrogen-bond acceptors (Lipinski definition) is 3. The molecule has 1 unspecified atom stereocenters. The van der Waals surface area contributed by atoms with Gasteiger partial charge < -0.3 is 10.4 Å². The van der Waals surface area contributed by atoms with Crippen LogP contribution in [0.3, 0.4) is 0 Å². The van der Waals surface area contributed by atoms with Crippen molar-refractivity contribution < 1.29 is 5.11 Å². The van der Waals surface area contributed by atoms with Crippen LogP contribution >= 0.6 is 11.3 Å². The third kappa shape index (κ3) is 2.69. The molecule has 0 aliphatic heterocycles. The molecule has 102 valence electrons. The van der Waals surface area contributed by atoms with Gasteiger partial charge >= 0.3 is 0 Å². The summed E-state index contributed by atoms with van der Waals surface area (Å²) in [5.74, 6) is 0.317. The summed E-state index contributed by atoms with van der Waals surface area (Å²) in [6.07, 6.45) is 0. The minimum atomic E-state index is 0.209. The Balaban J connectivity index is 1.73. The van der Waals surface area contributed by atoms with Gasteiger partial charge in [-0.1, -0.05) is 30.3 Å². The normalized spacial score (nSPS) is 12.7. The molecule has 3 heteroatoms. The predicted molar refractivity (Wildman–Crippen MR) is 85.2 cm³/mol. The van der Waals surface area contributed by atoms with E-state index in [1.165, 1.54) is 15.6 Å². The molecule has 2 aromatic carbocycles. The van der Waals surface area contributed by atoms with Crippen molar-refractivity contribution in [2.24, 2.45) is 0 Å². The van der Waals surface area contributed by atoms with Gasteiger partial charge in [0.2, 0.25) is 0 Å². The highest BCUT2D eigenvalue weighted by molar-refractivity contribution is 7.17. The van der Waals surface area contributed by atoms with Gasteiger partial charge in [-0.25, -0.2) is 0 Å². The van der Waals surface area contributed by atoms with Crippen molar-refractivity contribution in [1.82, 2.24) is 5.32 Å². The molecule has 1 heterocycles. The zero-order valence-electron chi connectivity index (χ0n) is 11.3. The number of thiophene rings is 1. The van der Waals surface area contributed by atoms with Gasteiger partial charge in [-0.2, -0.15) is 0 Å². The topological polar surface area (TPSA) is 32.3 Å². The summed E-state index contributed by atoms with van der Waals surface area (Å²) < 4.78 is 1.33. The zero-order valence-corrected chi connectivity index (χ0v) is 12.2. The van der Waals surface area contributed by atoms with E-state index in [0.717, 1.165) is 12.1 Å². The fraction of sp³-hybridized carbons (Fsp3) is 0.176. The Bertz CT molecular complexity index is 720. The van der Waals surface area contributed by atoms with Crippen molar-refractivity contribution in [3.8, 4) is 5.75 Å². The van der Waals surface area contributed by atoms with Gasteiger partial charge in [0, 0.05) is 17.3 Å². The van der Waals surface area contributed by atoms with Gasteiger partial charge in [0.05, 0.1) is 0 Å². The van der Waals surface area contributed by atoms with Crippen molar-refractivity contribution >= 4 is 21.4 Å². The average molecular weight is 283 g/mol. The van der Waals surface area contributed by atoms with Crippen LogP contribution in [0.2, 0.25) is 0 Å². The molecule has 20 heavy (non-hydrogen) atoms. The third-order valence-electron chi connectivity index (χ3n) is 3.53. The van der Waals surface area contributed by atoms with Crippen LogP contribution in [-0.2, 0) is 6.54 Å². The Morgan fingerprint density at radius 1 is 1.15 bits per heavy atom. The van der Waals surface area contributed by atoms with Gasteiger partial charge in [-0.3, -0.25) is 0 Å². The molecule has 3 aromatic rings. The monoisotopic (exact) mass is 283 g/mol. The molecule has 0 spiro atoms. The second-order valence-corrected chi connectivity index (χ2v) is 5.87. The summed E-state index contributed by atoms with van der Waals surface area (Å²) in [5, 5.41) is 16.6. The highest BCUT2D eigenvalue weighted by Gasteiger charge is 2.08. The van der Waals surface area contributed by atoms with Gasteiger partial charge in [0.1, 0.15) is 5.75 Å². The van der Waals surface area contributed by atoms with Crippen molar-refractivity contribution in [2.45, 2.75) is 19.5 Å². The van der Waals surface area contributed by atoms with Crippen LogP contribution in [0.25, 0.3) is 10.1 Å². The minimum Gasteiger partial charge on any atom is -0.508 e. The molecule has 0 bridgehead atoms. The Labute approximate surface area is 122 Å². The molecular weight excluding hydrogens is 266 g/mol. The summed E-state index contributed by atoms with van der Waals surface area (Å²) in [7, 11) is 0. The quantitative estimate of drug-likeness (QED) is 0.741. The standard InChI is InChI=1S/C17H17NOS/c1-12(13-5-4-6-15(19)9-13)18-10-14-11-20-17-8-3-2-7-16(14)17/h2-9,11-12,18-19H,10H2,1H3. The number of phenols is 1. The van der Waals surface area contributed by atoms with Crippen LogP contribution in [0.4, 0.5) is 0 Å². The number of phenolic OH excluding ortho intramolecular Hbond substituents is 1. The lowest BCUT2D eigenvalue weighted by molar-refractivity contribution is 0.472. The second-order valence-electron chi connectivity index (χ2n) is 4.95. The first-order valence-electron chi connectivity index (χ1n) is 6.71. The summed E-state index contributed by atoms with van der Waals surface area (Å²) in [6, 6.07) is 16.1. The van der Waals surface area contributed by atoms with E-state index in [2.05, 4.69) is 41.9 Å². The number of hydrogen-bond donors (Lipinski definition) is 2. The first-order valence-corrected chi connectivity index (χ1v) is 7.59. The molecule has 2 N–H and O–H groups in total. The van der Waals surface area contributed by atoms with Crippen LogP contribution in [0.15, 0.2) is 53.9 Å². The maximum Gasteiger partial charge on any atom is 0.115 e. The molecule has 1 aromatic heterocycles. The maximum atomic E-state index is 9.53. The largest absolute Gasteiger partial charge is 0.508 e. The molecule has 0 saturated carbocycles. The lowest BCUT2D eigenvalue weighted by atomic mass is 10.1. The van der Waals surface area contributed by atoms with Crippen molar-refractivity contribution in [1.29, 1.82) is 0 Å². The molecule has 0 radical (unpaired) electrons. The van der Waals surface area contributed by atoms with Gasteiger partial charge in [0.25, 0.3) is 0 Å². The Kier molecular flexibility index (Phi) is 3.72. The van der Waals surface area contributed by atoms with E-state index < -0.39 is 0 Å². The van der Waals surface area contributed by atoms with E-state index in [1.54, 1.807) is 17.4 Å². The number of aromatic hydroxyl groups is 1. The summed E-state index contributed by atoms with van der Waals surface area (Å²) >= 11 is 1.78. The molecule has 2 nitrogen and oxygen atoms in total. The van der Waals surface area contributed by atoms with Crippen LogP contribution in [0.1, 0.15) is 24.1 Å². The second kappa shape index (κ2) is 5.65. The van der Waals surface area contributed by atoms with E-state index in [4.69, 9.17) is 0 Å². The summed E-state index contributed by atoms with van der Waals surface area (Å²) in [4.78, 5) is 0. The highest BCUT2D eigenvalue weighted by atomic mass is 32.1. The third-order valence-corrected chi connectivity index (χ3v) is 4.54. The molecule has 0 aliphatic rings. The Morgan fingerprint density at radius 2 is 2.00 bits per heavy atom. The first-order chi connectivity index (χ1) is 9.74. The van der Waals surface area contributed by atoms with Crippen LogP contribution in [-0.4, -0.2) is 5.11 Å². The van der Waals surface area contributed by atoms with Crippen molar-refractivity contribution in [3.05, 3.63) is 65.0 Å². The van der Waals surface area contributed by atoms with Gasteiger partial charge in [-0.05, 0) is 47.0 Å². The van der Waals surface area contributed by atoms with Crippen LogP contribution in [0.5, 0.6) is 5.75 Å². The number of fused-ring (bicyclic) bond motifs is 1. The predicted octanol–water partition coefficient (Wildman–Crippen LogP) is 4.46. The van der Waals surface area contributed by atoms with E-state index in [9.17, 15) is 5.11 Å². The van der Waals surface area contributed by atoms with E-state index >= 15 is 0 Å². The van der Waals surface area contributed by atoms with Crippen LogP contribution < -0.4 is 5.32 Å². The van der Waals surface area contributed by atoms with Gasteiger partial charge in [0.15, 0.2) is 0 Å². The lowest BCUT2D eigenvalue weighted by Gasteiger charge is -2.14. The fourth-order valence-electron chi connectivity index (χ4n) is 2.34.